The number of piperidine rings is 1. The van der Waals surface area contributed by atoms with Gasteiger partial charge in [-0.2, -0.15) is 0 Å². The Balaban J connectivity index is 1.64. The highest BCUT2D eigenvalue weighted by Crippen LogP contribution is 2.32. The highest BCUT2D eigenvalue weighted by atomic mass is 32.1. The number of likely N-dealkylation sites (tertiary alicyclic amines) is 1. The van der Waals surface area contributed by atoms with Crippen molar-refractivity contribution in [2.45, 2.75) is 40.5 Å². The second-order valence-electron chi connectivity index (χ2n) is 7.66. The van der Waals surface area contributed by atoms with Gasteiger partial charge in [0.25, 0.3) is 5.91 Å². The fraction of sp³-hybridized carbons (Fsp3) is 0.571. The Kier molecular flexibility index (Phi) is 6.70. The third kappa shape index (κ3) is 4.45. The highest BCUT2D eigenvalue weighted by molar-refractivity contribution is 7.20. The summed E-state index contributed by atoms with van der Waals surface area (Å²) in [4.78, 5) is 51.0. The van der Waals surface area contributed by atoms with Crippen LogP contribution in [0.15, 0.2) is 0 Å². The minimum atomic E-state index is -0.192. The molecule has 1 fully saturated rings. The fourth-order valence-electron chi connectivity index (χ4n) is 3.85. The van der Waals surface area contributed by atoms with Crippen LogP contribution < -0.4 is 0 Å². The van der Waals surface area contributed by atoms with Crippen LogP contribution in [0.3, 0.4) is 0 Å². The van der Waals surface area contributed by atoms with Crippen molar-refractivity contribution in [3.8, 4) is 0 Å². The average molecular weight is 433 g/mol. The number of amides is 2. The molecule has 8 nitrogen and oxygen atoms in total. The molecule has 0 saturated carbocycles. The first kappa shape index (κ1) is 22.1. The van der Waals surface area contributed by atoms with Gasteiger partial charge in [-0.3, -0.25) is 14.4 Å². The van der Waals surface area contributed by atoms with Crippen LogP contribution in [0.2, 0.25) is 0 Å². The number of carbonyl (C=O) groups is 3. The Bertz CT molecular complexity index is 979. The maximum atomic E-state index is 13.0. The van der Waals surface area contributed by atoms with Crippen molar-refractivity contribution < 1.29 is 19.1 Å². The molecule has 3 rings (SSSR count). The predicted molar refractivity (Wildman–Crippen MR) is 115 cm³/mol. The lowest BCUT2D eigenvalue weighted by atomic mass is 9.97. The minimum Gasteiger partial charge on any atom is -0.466 e. The summed E-state index contributed by atoms with van der Waals surface area (Å²) in [5, 5.41) is 0.912. The number of hydrogen-bond donors (Lipinski definition) is 0. The van der Waals surface area contributed by atoms with Gasteiger partial charge in [0.05, 0.1) is 23.9 Å². The van der Waals surface area contributed by atoms with Crippen LogP contribution in [-0.2, 0) is 14.3 Å². The van der Waals surface area contributed by atoms with Gasteiger partial charge in [-0.1, -0.05) is 0 Å². The molecule has 0 aromatic carbocycles. The normalized spacial score (nSPS) is 14.8. The Labute approximate surface area is 180 Å². The van der Waals surface area contributed by atoms with E-state index in [2.05, 4.69) is 9.97 Å². The van der Waals surface area contributed by atoms with Crippen molar-refractivity contribution in [1.29, 1.82) is 0 Å². The van der Waals surface area contributed by atoms with Crippen LogP contribution in [-0.4, -0.2) is 70.8 Å². The highest BCUT2D eigenvalue weighted by Gasteiger charge is 2.29. The maximum absolute atomic E-state index is 13.0. The van der Waals surface area contributed by atoms with E-state index in [0.717, 1.165) is 21.5 Å². The largest absolute Gasteiger partial charge is 0.466 e. The molecule has 2 aromatic rings. The summed E-state index contributed by atoms with van der Waals surface area (Å²) in [6.07, 6.45) is 1.18. The van der Waals surface area contributed by atoms with Gasteiger partial charge in [-0.05, 0) is 46.1 Å². The number of fused-ring (bicyclic) bond motifs is 1. The second kappa shape index (κ2) is 9.07. The summed E-state index contributed by atoms with van der Waals surface area (Å²) in [6.45, 7) is 8.80. The Hall–Kier alpha value is -2.55. The molecule has 0 N–H and O–H groups in total. The van der Waals surface area contributed by atoms with E-state index in [-0.39, 0.29) is 30.2 Å². The summed E-state index contributed by atoms with van der Waals surface area (Å²) in [6, 6.07) is 0. The van der Waals surface area contributed by atoms with E-state index in [1.165, 1.54) is 16.2 Å². The molecule has 0 atom stereocenters. The van der Waals surface area contributed by atoms with E-state index < -0.39 is 0 Å². The van der Waals surface area contributed by atoms with Gasteiger partial charge in [0.15, 0.2) is 0 Å². The summed E-state index contributed by atoms with van der Waals surface area (Å²) >= 11 is 1.34. The van der Waals surface area contributed by atoms with E-state index in [0.29, 0.717) is 43.2 Å². The number of rotatable bonds is 5. The Morgan fingerprint density at radius 1 is 1.17 bits per heavy atom. The van der Waals surface area contributed by atoms with Gasteiger partial charge < -0.3 is 14.5 Å². The van der Waals surface area contributed by atoms with Crippen LogP contribution in [0.1, 0.15) is 46.5 Å². The standard InChI is InChI=1S/C21H28N4O4S/c1-6-29-21(28)15-7-9-25(10-8-15)16(26)11-24(5)20(27)18-12(2)17-13(3)22-14(4)23-19(17)30-18/h15H,6-11H2,1-5H3. The molecule has 2 amide bonds. The first-order valence-electron chi connectivity index (χ1n) is 10.2. The number of aromatic nitrogens is 2. The first-order chi connectivity index (χ1) is 14.2. The topological polar surface area (TPSA) is 92.7 Å². The third-order valence-electron chi connectivity index (χ3n) is 5.46. The molecule has 0 bridgehead atoms. The zero-order chi connectivity index (χ0) is 22.0. The molecule has 9 heteroatoms. The van der Waals surface area contributed by atoms with Crippen LogP contribution in [0.5, 0.6) is 0 Å². The number of esters is 1. The van der Waals surface area contributed by atoms with Gasteiger partial charge >= 0.3 is 5.97 Å². The number of nitrogens with zero attached hydrogens (tertiary/aromatic N) is 4. The van der Waals surface area contributed by atoms with Crippen LogP contribution in [0.4, 0.5) is 0 Å². The number of likely N-dealkylation sites (N-methyl/N-ethyl adjacent to an activating group) is 1. The summed E-state index contributed by atoms with van der Waals surface area (Å²) in [5.74, 6) is 0.0316. The van der Waals surface area contributed by atoms with Crippen molar-refractivity contribution in [1.82, 2.24) is 19.8 Å². The second-order valence-corrected chi connectivity index (χ2v) is 8.66. The summed E-state index contributed by atoms with van der Waals surface area (Å²) in [7, 11) is 1.64. The number of thiophene rings is 1. The summed E-state index contributed by atoms with van der Waals surface area (Å²) in [5.41, 5.74) is 1.71. The van der Waals surface area contributed by atoms with Gasteiger partial charge in [-0.25, -0.2) is 9.97 Å². The number of carbonyl (C=O) groups excluding carboxylic acids is 3. The monoisotopic (exact) mass is 432 g/mol. The molecule has 1 aliphatic rings. The Morgan fingerprint density at radius 3 is 2.47 bits per heavy atom. The lowest BCUT2D eigenvalue weighted by Crippen LogP contribution is -2.45. The van der Waals surface area contributed by atoms with E-state index in [9.17, 15) is 14.4 Å². The maximum Gasteiger partial charge on any atom is 0.309 e. The van der Waals surface area contributed by atoms with Gasteiger partial charge in [-0.15, -0.1) is 11.3 Å². The van der Waals surface area contributed by atoms with Gasteiger partial charge in [0, 0.05) is 31.2 Å². The van der Waals surface area contributed by atoms with Crippen molar-refractivity contribution >= 4 is 39.3 Å². The Morgan fingerprint density at radius 2 is 1.83 bits per heavy atom. The van der Waals surface area contributed by atoms with Crippen molar-refractivity contribution in [2.24, 2.45) is 5.92 Å². The molecular formula is C21H28N4O4S. The summed E-state index contributed by atoms with van der Waals surface area (Å²) < 4.78 is 5.07. The number of ether oxygens (including phenoxy) is 1. The molecule has 0 radical (unpaired) electrons. The molecule has 1 saturated heterocycles. The zero-order valence-corrected chi connectivity index (χ0v) is 19.0. The van der Waals surface area contributed by atoms with Gasteiger partial charge in [0.2, 0.25) is 5.91 Å². The molecule has 30 heavy (non-hydrogen) atoms. The van der Waals surface area contributed by atoms with Crippen LogP contribution in [0, 0.1) is 26.7 Å². The van der Waals surface area contributed by atoms with Crippen molar-refractivity contribution in [3.05, 3.63) is 22.0 Å². The van der Waals surface area contributed by atoms with Crippen molar-refractivity contribution in [3.63, 3.8) is 0 Å². The van der Waals surface area contributed by atoms with Crippen molar-refractivity contribution in [2.75, 3.05) is 33.3 Å². The fourth-order valence-corrected chi connectivity index (χ4v) is 5.12. The SMILES string of the molecule is CCOC(=O)C1CCN(C(=O)CN(C)C(=O)c2sc3nc(C)nc(C)c3c2C)CC1. The first-order valence-corrected chi connectivity index (χ1v) is 11.0. The average Bonchev–Trinajstić information content (AvgIpc) is 3.03. The lowest BCUT2D eigenvalue weighted by Gasteiger charge is -2.32. The quantitative estimate of drug-likeness (QED) is 0.674. The number of aryl methyl sites for hydroxylation is 3. The zero-order valence-electron chi connectivity index (χ0n) is 18.2. The molecule has 162 valence electrons. The van der Waals surface area contributed by atoms with Gasteiger partial charge in [0.1, 0.15) is 10.7 Å². The van der Waals surface area contributed by atoms with Crippen LogP contribution >= 0.6 is 11.3 Å². The molecule has 2 aromatic heterocycles. The molecule has 0 unspecified atom stereocenters. The minimum absolute atomic E-state index is 0.000278. The molecule has 0 aliphatic carbocycles. The van der Waals surface area contributed by atoms with E-state index in [4.69, 9.17) is 4.74 Å². The third-order valence-corrected chi connectivity index (χ3v) is 6.64. The molecule has 0 spiro atoms. The predicted octanol–water partition coefficient (Wildman–Crippen LogP) is 2.49. The molecule has 1 aliphatic heterocycles. The molecular weight excluding hydrogens is 404 g/mol. The van der Waals surface area contributed by atoms with E-state index in [1.807, 2.05) is 20.8 Å². The van der Waals surface area contributed by atoms with E-state index in [1.54, 1.807) is 18.9 Å². The smallest absolute Gasteiger partial charge is 0.309 e. The van der Waals surface area contributed by atoms with Crippen LogP contribution in [0.25, 0.3) is 10.2 Å². The lowest BCUT2D eigenvalue weighted by molar-refractivity contribution is -0.151. The molecule has 3 heterocycles. The van der Waals surface area contributed by atoms with E-state index >= 15 is 0 Å². The number of hydrogen-bond acceptors (Lipinski definition) is 7.